The van der Waals surface area contributed by atoms with Crippen LogP contribution in [0.15, 0.2) is 224 Å². The Labute approximate surface area is 347 Å². The lowest BCUT2D eigenvalue weighted by atomic mass is 9.67. The monoisotopic (exact) mass is 753 g/mol. The third-order valence-electron chi connectivity index (χ3n) is 13.0. The van der Waals surface area contributed by atoms with Crippen LogP contribution in [0, 0.1) is 0 Å². The van der Waals surface area contributed by atoms with Gasteiger partial charge >= 0.3 is 0 Å². The number of benzene rings is 9. The van der Waals surface area contributed by atoms with E-state index >= 15 is 0 Å². The molecule has 1 nitrogen and oxygen atoms in total. The Morgan fingerprint density at radius 2 is 0.797 bits per heavy atom. The lowest BCUT2D eigenvalue weighted by Crippen LogP contribution is -2.28. The van der Waals surface area contributed by atoms with Gasteiger partial charge in [0.2, 0.25) is 0 Å². The summed E-state index contributed by atoms with van der Waals surface area (Å²) < 4.78 is 0. The van der Waals surface area contributed by atoms with Crippen LogP contribution in [0.25, 0.3) is 44.5 Å². The summed E-state index contributed by atoms with van der Waals surface area (Å²) >= 11 is 0. The highest BCUT2D eigenvalue weighted by Crippen LogP contribution is 2.58. The van der Waals surface area contributed by atoms with Gasteiger partial charge < -0.3 is 4.90 Å². The summed E-state index contributed by atoms with van der Waals surface area (Å²) in [7, 11) is 0. The van der Waals surface area contributed by atoms with Gasteiger partial charge in [-0.3, -0.25) is 0 Å². The van der Waals surface area contributed by atoms with Gasteiger partial charge in [0.25, 0.3) is 0 Å². The molecule has 2 aliphatic rings. The first-order valence-corrected chi connectivity index (χ1v) is 20.7. The highest BCUT2D eigenvalue weighted by Gasteiger charge is 2.46. The molecule has 0 radical (unpaired) electrons. The molecule has 9 aromatic rings. The van der Waals surface area contributed by atoms with Gasteiger partial charge in [0.15, 0.2) is 0 Å². The molecule has 11 rings (SSSR count). The SMILES string of the molecule is CC1(C)c2ccccc2-c2ccc(N(c3ccc(-c4ccccc4)cc3)c3cccc(-c4cccc5c4-c4ccccc4C5(c4ccccc4)c4ccccc4)c3)cc21. The number of anilines is 3. The minimum atomic E-state index is -0.455. The van der Waals surface area contributed by atoms with E-state index in [4.69, 9.17) is 0 Å². The molecule has 0 saturated heterocycles. The topological polar surface area (TPSA) is 3.24 Å². The van der Waals surface area contributed by atoms with Crippen LogP contribution in [0.2, 0.25) is 0 Å². The molecular formula is C58H43N. The Hall–Kier alpha value is -7.22. The molecule has 2 aliphatic carbocycles. The number of hydrogen-bond acceptors (Lipinski definition) is 1. The van der Waals surface area contributed by atoms with E-state index in [1.165, 1.54) is 77.9 Å². The van der Waals surface area contributed by atoms with Gasteiger partial charge in [0, 0.05) is 22.5 Å². The van der Waals surface area contributed by atoms with Gasteiger partial charge in [-0.1, -0.05) is 202 Å². The normalized spacial score (nSPS) is 13.9. The number of fused-ring (bicyclic) bond motifs is 6. The minimum Gasteiger partial charge on any atom is -0.310 e. The first-order chi connectivity index (χ1) is 29.0. The average molecular weight is 754 g/mol. The zero-order valence-electron chi connectivity index (χ0n) is 33.3. The number of nitrogens with zero attached hydrogens (tertiary/aromatic N) is 1. The van der Waals surface area contributed by atoms with Gasteiger partial charge in [-0.15, -0.1) is 0 Å². The zero-order valence-corrected chi connectivity index (χ0v) is 33.3. The van der Waals surface area contributed by atoms with Gasteiger partial charge in [-0.2, -0.15) is 0 Å². The van der Waals surface area contributed by atoms with Crippen LogP contribution >= 0.6 is 0 Å². The Morgan fingerprint density at radius 1 is 0.305 bits per heavy atom. The smallest absolute Gasteiger partial charge is 0.0713 e. The first-order valence-electron chi connectivity index (χ1n) is 20.7. The summed E-state index contributed by atoms with van der Waals surface area (Å²) in [5.74, 6) is 0. The van der Waals surface area contributed by atoms with Gasteiger partial charge in [-0.25, -0.2) is 0 Å². The summed E-state index contributed by atoms with van der Waals surface area (Å²) in [6.07, 6.45) is 0. The molecule has 0 aliphatic heterocycles. The molecule has 0 fully saturated rings. The fraction of sp³-hybridized carbons (Fsp3) is 0.0690. The maximum absolute atomic E-state index is 2.44. The third kappa shape index (κ3) is 5.39. The first kappa shape index (κ1) is 35.0. The molecule has 0 saturated carbocycles. The maximum atomic E-state index is 2.44. The summed E-state index contributed by atoms with van der Waals surface area (Å²) in [6, 6.07) is 82.9. The van der Waals surface area contributed by atoms with Gasteiger partial charge in [0.05, 0.1) is 5.41 Å². The molecule has 0 N–H and O–H groups in total. The molecule has 9 aromatic carbocycles. The summed E-state index contributed by atoms with van der Waals surface area (Å²) in [5, 5.41) is 0. The van der Waals surface area contributed by atoms with Crippen molar-refractivity contribution in [2.45, 2.75) is 24.7 Å². The van der Waals surface area contributed by atoms with Crippen molar-refractivity contribution < 1.29 is 0 Å². The van der Waals surface area contributed by atoms with E-state index in [-0.39, 0.29) is 5.41 Å². The standard InChI is InChI=1S/C58H43N/c1-57(2)52-29-14-12-26-49(52)50-37-36-47(39-55(50)57)59(45-34-32-41(33-35-45)40-18-6-3-7-19-40)46-25-16-20-42(38-46)48-28-17-31-54-56(48)51-27-13-15-30-53(51)58(54,43-21-8-4-9-22-43)44-23-10-5-11-24-44/h3-39H,1-2H3. The molecule has 0 bridgehead atoms. The van der Waals surface area contributed by atoms with Crippen LogP contribution in [0.1, 0.15) is 47.2 Å². The second-order valence-corrected chi connectivity index (χ2v) is 16.5. The Kier molecular flexibility index (Phi) is 8.13. The predicted octanol–water partition coefficient (Wildman–Crippen LogP) is 15.2. The summed E-state index contributed by atoms with van der Waals surface area (Å²) in [4.78, 5) is 2.44. The van der Waals surface area contributed by atoms with Crippen LogP contribution in [0.3, 0.4) is 0 Å². The van der Waals surface area contributed by atoms with Crippen LogP contribution < -0.4 is 4.90 Å². The molecule has 0 amide bonds. The fourth-order valence-electron chi connectivity index (χ4n) is 10.3. The fourth-order valence-corrected chi connectivity index (χ4v) is 10.3. The van der Waals surface area contributed by atoms with Crippen molar-refractivity contribution >= 4 is 17.1 Å². The van der Waals surface area contributed by atoms with Crippen molar-refractivity contribution in [2.75, 3.05) is 4.90 Å². The van der Waals surface area contributed by atoms with Crippen LogP contribution in [-0.4, -0.2) is 0 Å². The van der Waals surface area contributed by atoms with E-state index in [0.29, 0.717) is 0 Å². The quantitative estimate of drug-likeness (QED) is 0.157. The minimum absolute atomic E-state index is 0.116. The van der Waals surface area contributed by atoms with Crippen LogP contribution in [-0.2, 0) is 10.8 Å². The molecule has 1 heteroatoms. The van der Waals surface area contributed by atoms with E-state index < -0.39 is 5.41 Å². The summed E-state index contributed by atoms with van der Waals surface area (Å²) in [6.45, 7) is 4.72. The van der Waals surface area contributed by atoms with Crippen molar-refractivity contribution in [1.29, 1.82) is 0 Å². The van der Waals surface area contributed by atoms with Crippen molar-refractivity contribution in [3.8, 4) is 44.5 Å². The molecule has 59 heavy (non-hydrogen) atoms. The number of hydrogen-bond donors (Lipinski definition) is 0. The Bertz CT molecular complexity index is 2960. The Morgan fingerprint density at radius 3 is 1.51 bits per heavy atom. The lowest BCUT2D eigenvalue weighted by molar-refractivity contribution is 0.660. The van der Waals surface area contributed by atoms with E-state index in [1.54, 1.807) is 0 Å². The number of rotatable bonds is 7. The highest BCUT2D eigenvalue weighted by atomic mass is 15.1. The van der Waals surface area contributed by atoms with E-state index in [2.05, 4.69) is 243 Å². The zero-order chi connectivity index (χ0) is 39.6. The van der Waals surface area contributed by atoms with Crippen molar-refractivity contribution in [3.05, 3.63) is 258 Å². The molecular weight excluding hydrogens is 711 g/mol. The van der Waals surface area contributed by atoms with E-state index in [1.807, 2.05) is 0 Å². The van der Waals surface area contributed by atoms with Gasteiger partial charge in [0.1, 0.15) is 0 Å². The molecule has 0 atom stereocenters. The van der Waals surface area contributed by atoms with E-state index in [9.17, 15) is 0 Å². The van der Waals surface area contributed by atoms with Crippen LogP contribution in [0.4, 0.5) is 17.1 Å². The summed E-state index contributed by atoms with van der Waals surface area (Å²) in [5.41, 5.74) is 20.8. The third-order valence-corrected chi connectivity index (χ3v) is 13.0. The largest absolute Gasteiger partial charge is 0.310 e. The molecule has 280 valence electrons. The highest BCUT2D eigenvalue weighted by molar-refractivity contribution is 5.96. The maximum Gasteiger partial charge on any atom is 0.0713 e. The molecule has 0 aromatic heterocycles. The van der Waals surface area contributed by atoms with E-state index in [0.717, 1.165) is 17.1 Å². The second-order valence-electron chi connectivity index (χ2n) is 16.5. The molecule has 0 heterocycles. The molecule has 0 spiro atoms. The van der Waals surface area contributed by atoms with Crippen molar-refractivity contribution in [2.24, 2.45) is 0 Å². The average Bonchev–Trinajstić information content (AvgIpc) is 3.73. The lowest BCUT2D eigenvalue weighted by Gasteiger charge is -2.34. The Balaban J connectivity index is 1.10. The van der Waals surface area contributed by atoms with Crippen LogP contribution in [0.5, 0.6) is 0 Å². The van der Waals surface area contributed by atoms with Crippen molar-refractivity contribution in [1.82, 2.24) is 0 Å². The van der Waals surface area contributed by atoms with Gasteiger partial charge in [-0.05, 0) is 114 Å². The molecule has 0 unspecified atom stereocenters. The van der Waals surface area contributed by atoms with Crippen molar-refractivity contribution in [3.63, 3.8) is 0 Å². The second kappa shape index (κ2) is 13.7. The predicted molar refractivity (Wildman–Crippen MR) is 247 cm³/mol.